The molecule has 0 spiro atoms. The van der Waals surface area contributed by atoms with Crippen LogP contribution in [0.25, 0.3) is 0 Å². The monoisotopic (exact) mass is 299 g/mol. The zero-order valence-corrected chi connectivity index (χ0v) is 11.0. The molecule has 3 N–H and O–H groups in total. The molecule has 0 saturated heterocycles. The van der Waals surface area contributed by atoms with E-state index in [0.29, 0.717) is 0 Å². The van der Waals surface area contributed by atoms with Crippen LogP contribution < -0.4 is 4.72 Å². The van der Waals surface area contributed by atoms with Crippen molar-refractivity contribution in [3.8, 4) is 5.75 Å². The van der Waals surface area contributed by atoms with Gasteiger partial charge in [0.2, 0.25) is 0 Å². The first-order chi connectivity index (χ1) is 8.90. The van der Waals surface area contributed by atoms with Gasteiger partial charge in [-0.3, -0.25) is 4.72 Å². The highest BCUT2D eigenvalue weighted by molar-refractivity contribution is 7.94. The van der Waals surface area contributed by atoms with E-state index in [4.69, 9.17) is 5.11 Å². The van der Waals surface area contributed by atoms with Crippen molar-refractivity contribution in [2.45, 2.75) is 4.21 Å². The second-order valence-electron chi connectivity index (χ2n) is 3.57. The Morgan fingerprint density at radius 3 is 2.53 bits per heavy atom. The minimum Gasteiger partial charge on any atom is -0.506 e. The third-order valence-corrected chi connectivity index (χ3v) is 5.01. The van der Waals surface area contributed by atoms with E-state index in [1.54, 1.807) is 11.4 Å². The summed E-state index contributed by atoms with van der Waals surface area (Å²) < 4.78 is 26.1. The standard InChI is InChI=1S/C11H9NO5S2/c13-9-6-7(11(14)15)3-4-8(9)12-19(16,17)10-2-1-5-18-10/h1-6,12-13H,(H,14,15). The maximum absolute atomic E-state index is 11.9. The number of rotatable bonds is 4. The predicted octanol–water partition coefficient (Wildman–Crippen LogP) is 1.95. The van der Waals surface area contributed by atoms with Crippen molar-refractivity contribution in [1.82, 2.24) is 0 Å². The molecule has 6 nitrogen and oxygen atoms in total. The summed E-state index contributed by atoms with van der Waals surface area (Å²) in [4.78, 5) is 10.7. The molecule has 8 heteroatoms. The van der Waals surface area contributed by atoms with Crippen molar-refractivity contribution in [3.63, 3.8) is 0 Å². The second-order valence-corrected chi connectivity index (χ2v) is 6.43. The summed E-state index contributed by atoms with van der Waals surface area (Å²) in [7, 11) is -3.76. The van der Waals surface area contributed by atoms with Crippen molar-refractivity contribution in [2.24, 2.45) is 0 Å². The van der Waals surface area contributed by atoms with E-state index in [1.165, 1.54) is 18.2 Å². The molecule has 0 radical (unpaired) electrons. The van der Waals surface area contributed by atoms with Crippen LogP contribution >= 0.6 is 11.3 Å². The largest absolute Gasteiger partial charge is 0.506 e. The number of carbonyl (C=O) groups is 1. The van der Waals surface area contributed by atoms with Crippen LogP contribution in [0.2, 0.25) is 0 Å². The molecule has 0 aliphatic carbocycles. The van der Waals surface area contributed by atoms with Crippen LogP contribution in [-0.4, -0.2) is 24.6 Å². The Labute approximate surface area is 113 Å². The van der Waals surface area contributed by atoms with Crippen molar-refractivity contribution in [2.75, 3.05) is 4.72 Å². The second kappa shape index (κ2) is 4.90. The Kier molecular flexibility index (Phi) is 3.45. The van der Waals surface area contributed by atoms with Gasteiger partial charge in [0.05, 0.1) is 11.3 Å². The molecule has 0 aliphatic rings. The minimum atomic E-state index is -3.76. The first kappa shape index (κ1) is 13.4. The van der Waals surface area contributed by atoms with E-state index in [2.05, 4.69) is 4.72 Å². The lowest BCUT2D eigenvalue weighted by atomic mass is 10.2. The maximum Gasteiger partial charge on any atom is 0.335 e. The number of hydrogen-bond donors (Lipinski definition) is 3. The van der Waals surface area contributed by atoms with E-state index in [9.17, 15) is 18.3 Å². The van der Waals surface area contributed by atoms with E-state index < -0.39 is 21.7 Å². The number of aromatic carboxylic acids is 1. The van der Waals surface area contributed by atoms with E-state index >= 15 is 0 Å². The molecule has 1 heterocycles. The van der Waals surface area contributed by atoms with Gasteiger partial charge in [-0.05, 0) is 29.6 Å². The van der Waals surface area contributed by atoms with Gasteiger partial charge in [-0.25, -0.2) is 13.2 Å². The van der Waals surface area contributed by atoms with E-state index in [1.807, 2.05) is 0 Å². The number of phenols is 1. The van der Waals surface area contributed by atoms with Gasteiger partial charge in [0.1, 0.15) is 9.96 Å². The number of aromatic hydroxyl groups is 1. The fraction of sp³-hybridized carbons (Fsp3) is 0. The Bertz CT molecular complexity index is 707. The van der Waals surface area contributed by atoms with Crippen molar-refractivity contribution in [3.05, 3.63) is 41.3 Å². The molecule has 1 aromatic carbocycles. The molecule has 0 saturated carbocycles. The lowest BCUT2D eigenvalue weighted by molar-refractivity contribution is 0.0696. The van der Waals surface area contributed by atoms with Crippen molar-refractivity contribution in [1.29, 1.82) is 0 Å². The molecule has 1 aromatic heterocycles. The zero-order valence-electron chi connectivity index (χ0n) is 9.40. The van der Waals surface area contributed by atoms with Gasteiger partial charge in [-0.1, -0.05) is 6.07 Å². The third kappa shape index (κ3) is 2.85. The molecule has 100 valence electrons. The van der Waals surface area contributed by atoms with Gasteiger partial charge in [0.15, 0.2) is 0 Å². The number of anilines is 1. The molecule has 2 rings (SSSR count). The fourth-order valence-electron chi connectivity index (χ4n) is 1.36. The quantitative estimate of drug-likeness (QED) is 0.749. The number of carboxylic acid groups (broad SMARTS) is 1. The third-order valence-electron chi connectivity index (χ3n) is 2.25. The van der Waals surface area contributed by atoms with Gasteiger partial charge in [-0.2, -0.15) is 0 Å². The van der Waals surface area contributed by atoms with Gasteiger partial charge in [0, 0.05) is 0 Å². The minimum absolute atomic E-state index is 0.0709. The highest BCUT2D eigenvalue weighted by Gasteiger charge is 2.17. The Hall–Kier alpha value is -2.06. The highest BCUT2D eigenvalue weighted by atomic mass is 32.2. The summed E-state index contributed by atoms with van der Waals surface area (Å²) in [5.74, 6) is -1.65. The summed E-state index contributed by atoms with van der Waals surface area (Å²) in [5.41, 5.74) is -0.199. The molecule has 2 aromatic rings. The number of thiophene rings is 1. The number of phenolic OH excluding ortho intramolecular Hbond substituents is 1. The molecular formula is C11H9NO5S2. The molecule has 0 aliphatic heterocycles. The summed E-state index contributed by atoms with van der Waals surface area (Å²) >= 11 is 1.04. The number of sulfonamides is 1. The maximum atomic E-state index is 11.9. The number of hydrogen-bond acceptors (Lipinski definition) is 5. The SMILES string of the molecule is O=C(O)c1ccc(NS(=O)(=O)c2cccs2)c(O)c1. The van der Waals surface area contributed by atoms with E-state index in [-0.39, 0.29) is 15.5 Å². The van der Waals surface area contributed by atoms with Crippen LogP contribution in [0.4, 0.5) is 5.69 Å². The number of nitrogens with one attached hydrogen (secondary N) is 1. The summed E-state index contributed by atoms with van der Waals surface area (Å²) in [6.07, 6.45) is 0. The number of benzene rings is 1. The van der Waals surface area contributed by atoms with Gasteiger partial charge >= 0.3 is 5.97 Å². The summed E-state index contributed by atoms with van der Waals surface area (Å²) in [6.45, 7) is 0. The lowest BCUT2D eigenvalue weighted by Crippen LogP contribution is -2.11. The molecule has 0 unspecified atom stereocenters. The fourth-order valence-corrected chi connectivity index (χ4v) is 3.43. The molecular weight excluding hydrogens is 290 g/mol. The molecule has 0 amide bonds. The summed E-state index contributed by atoms with van der Waals surface area (Å²) in [6, 6.07) is 6.40. The molecule has 0 atom stereocenters. The summed E-state index contributed by atoms with van der Waals surface area (Å²) in [5, 5.41) is 20.0. The van der Waals surface area contributed by atoms with Crippen molar-refractivity contribution < 1.29 is 23.4 Å². The first-order valence-corrected chi connectivity index (χ1v) is 7.39. The van der Waals surface area contributed by atoms with Crippen LogP contribution in [-0.2, 0) is 10.0 Å². The van der Waals surface area contributed by atoms with Gasteiger partial charge in [-0.15, -0.1) is 11.3 Å². The van der Waals surface area contributed by atoms with Crippen molar-refractivity contribution >= 4 is 33.0 Å². The lowest BCUT2D eigenvalue weighted by Gasteiger charge is -2.08. The first-order valence-electron chi connectivity index (χ1n) is 5.03. The normalized spacial score (nSPS) is 11.2. The number of carboxylic acids is 1. The molecule has 0 bridgehead atoms. The molecule has 19 heavy (non-hydrogen) atoms. The average Bonchev–Trinajstić information content (AvgIpc) is 2.85. The van der Waals surface area contributed by atoms with E-state index in [0.717, 1.165) is 17.4 Å². The average molecular weight is 299 g/mol. The Morgan fingerprint density at radius 2 is 2.00 bits per heavy atom. The van der Waals surface area contributed by atoms with Gasteiger partial charge < -0.3 is 10.2 Å². The smallest absolute Gasteiger partial charge is 0.335 e. The zero-order chi connectivity index (χ0) is 14.0. The topological polar surface area (TPSA) is 104 Å². The Balaban J connectivity index is 2.32. The van der Waals surface area contributed by atoms with Gasteiger partial charge in [0.25, 0.3) is 10.0 Å². The van der Waals surface area contributed by atoms with Crippen LogP contribution in [0.5, 0.6) is 5.75 Å². The molecule has 0 fully saturated rings. The van der Waals surface area contributed by atoms with Crippen LogP contribution in [0.1, 0.15) is 10.4 Å². The van der Waals surface area contributed by atoms with Crippen LogP contribution in [0, 0.1) is 0 Å². The predicted molar refractivity (Wildman–Crippen MR) is 70.2 cm³/mol. The highest BCUT2D eigenvalue weighted by Crippen LogP contribution is 2.28. The Morgan fingerprint density at radius 1 is 1.26 bits per heavy atom. The van der Waals surface area contributed by atoms with Crippen LogP contribution in [0.15, 0.2) is 39.9 Å². The van der Waals surface area contributed by atoms with Crippen LogP contribution in [0.3, 0.4) is 0 Å².